The molecule has 0 N–H and O–H groups in total. The normalized spacial score (nSPS) is 16.3. The number of sulfonamides is 1. The van der Waals surface area contributed by atoms with Crippen LogP contribution in [0.25, 0.3) is 11.0 Å². The molecule has 1 aliphatic heterocycles. The number of piperazine rings is 1. The van der Waals surface area contributed by atoms with E-state index in [1.54, 1.807) is 6.07 Å². The smallest absolute Gasteiger partial charge is 0.220 e. The van der Waals surface area contributed by atoms with Gasteiger partial charge in [0.05, 0.1) is 0 Å². The van der Waals surface area contributed by atoms with Crippen LogP contribution in [-0.2, 0) is 15.8 Å². The van der Waals surface area contributed by atoms with E-state index in [2.05, 4.69) is 10.1 Å². The van der Waals surface area contributed by atoms with Gasteiger partial charge in [0.15, 0.2) is 5.58 Å². The van der Waals surface area contributed by atoms with Crippen molar-refractivity contribution in [3.05, 3.63) is 59.2 Å². The third-order valence-corrected chi connectivity index (χ3v) is 6.60. The van der Waals surface area contributed by atoms with Gasteiger partial charge in [-0.3, -0.25) is 0 Å². The van der Waals surface area contributed by atoms with E-state index in [0.717, 1.165) is 11.1 Å². The van der Waals surface area contributed by atoms with Crippen LogP contribution in [0.1, 0.15) is 5.69 Å². The van der Waals surface area contributed by atoms with Crippen molar-refractivity contribution in [1.29, 1.82) is 0 Å². The molecule has 0 amide bonds. The quantitative estimate of drug-likeness (QED) is 0.683. The maximum Gasteiger partial charge on any atom is 0.220 e. The molecule has 2 heterocycles. The van der Waals surface area contributed by atoms with E-state index in [9.17, 15) is 8.42 Å². The van der Waals surface area contributed by atoms with Gasteiger partial charge in [-0.05, 0) is 30.3 Å². The standard InChI is InChI=1S/C18H18ClN3O3S/c19-14-4-3-5-15(12-14)21-8-10-22(11-9-21)26(23,24)13-17-16-6-1-2-7-18(16)25-20-17/h1-7,12H,8-11,13H2. The van der Waals surface area contributed by atoms with Crippen molar-refractivity contribution in [3.63, 3.8) is 0 Å². The second-order valence-electron chi connectivity index (χ2n) is 6.25. The lowest BCUT2D eigenvalue weighted by Gasteiger charge is -2.35. The van der Waals surface area contributed by atoms with E-state index in [-0.39, 0.29) is 5.75 Å². The van der Waals surface area contributed by atoms with Gasteiger partial charge in [-0.25, -0.2) is 8.42 Å². The highest BCUT2D eigenvalue weighted by Gasteiger charge is 2.29. The molecule has 136 valence electrons. The average Bonchev–Trinajstić information content (AvgIpc) is 3.04. The fourth-order valence-corrected chi connectivity index (χ4v) is 4.84. The maximum absolute atomic E-state index is 12.8. The van der Waals surface area contributed by atoms with Crippen LogP contribution in [-0.4, -0.2) is 44.1 Å². The van der Waals surface area contributed by atoms with Crippen LogP contribution < -0.4 is 4.90 Å². The predicted molar refractivity (Wildman–Crippen MR) is 102 cm³/mol. The summed E-state index contributed by atoms with van der Waals surface area (Å²) in [5.41, 5.74) is 2.07. The van der Waals surface area contributed by atoms with Crippen LogP contribution >= 0.6 is 11.6 Å². The van der Waals surface area contributed by atoms with Crippen LogP contribution in [0.5, 0.6) is 0 Å². The van der Waals surface area contributed by atoms with Crippen molar-refractivity contribution in [2.45, 2.75) is 5.75 Å². The van der Waals surface area contributed by atoms with Crippen LogP contribution in [0.15, 0.2) is 53.1 Å². The van der Waals surface area contributed by atoms with Crippen LogP contribution in [0.3, 0.4) is 0 Å². The molecule has 0 bridgehead atoms. The highest BCUT2D eigenvalue weighted by molar-refractivity contribution is 7.88. The second-order valence-corrected chi connectivity index (χ2v) is 8.65. The number of aromatic nitrogens is 1. The topological polar surface area (TPSA) is 66.7 Å². The number of rotatable bonds is 4. The van der Waals surface area contributed by atoms with Crippen molar-refractivity contribution >= 4 is 38.3 Å². The number of fused-ring (bicyclic) bond motifs is 1. The van der Waals surface area contributed by atoms with E-state index in [0.29, 0.717) is 42.5 Å². The molecule has 1 fully saturated rings. The SMILES string of the molecule is O=S(=O)(Cc1noc2ccccc12)N1CCN(c2cccc(Cl)c2)CC1. The lowest BCUT2D eigenvalue weighted by molar-refractivity contribution is 0.383. The lowest BCUT2D eigenvalue weighted by atomic mass is 10.2. The fourth-order valence-electron chi connectivity index (χ4n) is 3.20. The molecule has 0 atom stereocenters. The third-order valence-electron chi connectivity index (χ3n) is 4.58. The van der Waals surface area contributed by atoms with Gasteiger partial charge in [-0.15, -0.1) is 0 Å². The van der Waals surface area contributed by atoms with Crippen molar-refractivity contribution in [1.82, 2.24) is 9.46 Å². The van der Waals surface area contributed by atoms with Crippen LogP contribution in [0.4, 0.5) is 5.69 Å². The molecule has 0 radical (unpaired) electrons. The molecule has 1 aromatic heterocycles. The summed E-state index contributed by atoms with van der Waals surface area (Å²) in [6, 6.07) is 14.9. The Kier molecular flexibility index (Phi) is 4.60. The van der Waals surface area contributed by atoms with Gasteiger partial charge in [-0.1, -0.05) is 35.0 Å². The largest absolute Gasteiger partial charge is 0.369 e. The number of hydrogen-bond donors (Lipinski definition) is 0. The highest BCUT2D eigenvalue weighted by atomic mass is 35.5. The molecule has 0 spiro atoms. The Morgan fingerprint density at radius 2 is 1.81 bits per heavy atom. The first-order chi connectivity index (χ1) is 12.5. The minimum Gasteiger partial charge on any atom is -0.369 e. The van der Waals surface area contributed by atoms with E-state index >= 15 is 0 Å². The number of para-hydroxylation sites is 1. The zero-order valence-electron chi connectivity index (χ0n) is 14.0. The molecule has 0 aliphatic carbocycles. The van der Waals surface area contributed by atoms with Crippen molar-refractivity contribution in [2.24, 2.45) is 0 Å². The molecule has 4 rings (SSSR count). The molecule has 1 aliphatic rings. The number of benzene rings is 2. The Hall–Kier alpha value is -2.09. The van der Waals surface area contributed by atoms with Gasteiger partial charge in [0.1, 0.15) is 11.4 Å². The Morgan fingerprint density at radius 1 is 1.04 bits per heavy atom. The number of hydrogen-bond acceptors (Lipinski definition) is 5. The Labute approximate surface area is 157 Å². The van der Waals surface area contributed by atoms with E-state index < -0.39 is 10.0 Å². The summed E-state index contributed by atoms with van der Waals surface area (Å²) in [5.74, 6) is -0.152. The molecule has 26 heavy (non-hydrogen) atoms. The monoisotopic (exact) mass is 391 g/mol. The first-order valence-electron chi connectivity index (χ1n) is 8.34. The molecule has 2 aromatic carbocycles. The number of anilines is 1. The summed E-state index contributed by atoms with van der Waals surface area (Å²) in [6.07, 6.45) is 0. The van der Waals surface area contributed by atoms with Gasteiger partial charge in [0.2, 0.25) is 10.0 Å². The summed E-state index contributed by atoms with van der Waals surface area (Å²) >= 11 is 6.04. The van der Waals surface area contributed by atoms with Gasteiger partial charge in [0, 0.05) is 42.3 Å². The Bertz CT molecular complexity index is 1030. The minimum absolute atomic E-state index is 0.152. The van der Waals surface area contributed by atoms with Crippen molar-refractivity contribution in [2.75, 3.05) is 31.1 Å². The van der Waals surface area contributed by atoms with E-state index in [1.165, 1.54) is 4.31 Å². The van der Waals surface area contributed by atoms with Crippen molar-refractivity contribution in [3.8, 4) is 0 Å². The molecular weight excluding hydrogens is 374 g/mol. The van der Waals surface area contributed by atoms with Gasteiger partial charge >= 0.3 is 0 Å². The molecular formula is C18H18ClN3O3S. The van der Waals surface area contributed by atoms with Crippen molar-refractivity contribution < 1.29 is 12.9 Å². The van der Waals surface area contributed by atoms with Crippen LogP contribution in [0, 0.1) is 0 Å². The first-order valence-corrected chi connectivity index (χ1v) is 10.3. The van der Waals surface area contributed by atoms with E-state index in [4.69, 9.17) is 16.1 Å². The Balaban J connectivity index is 1.46. The number of nitrogens with zero attached hydrogens (tertiary/aromatic N) is 3. The summed E-state index contributed by atoms with van der Waals surface area (Å²) in [4.78, 5) is 2.14. The van der Waals surface area contributed by atoms with Gasteiger partial charge in [0.25, 0.3) is 0 Å². The molecule has 3 aromatic rings. The summed E-state index contributed by atoms with van der Waals surface area (Å²) in [5, 5.41) is 5.36. The number of halogens is 1. The highest BCUT2D eigenvalue weighted by Crippen LogP contribution is 2.24. The lowest BCUT2D eigenvalue weighted by Crippen LogP contribution is -2.49. The summed E-state index contributed by atoms with van der Waals surface area (Å²) in [7, 11) is -3.45. The minimum atomic E-state index is -3.45. The Morgan fingerprint density at radius 3 is 2.58 bits per heavy atom. The first kappa shape index (κ1) is 17.3. The predicted octanol–water partition coefficient (Wildman–Crippen LogP) is 3.13. The zero-order chi connectivity index (χ0) is 18.1. The van der Waals surface area contributed by atoms with Gasteiger partial charge in [-0.2, -0.15) is 4.31 Å². The maximum atomic E-state index is 12.8. The molecule has 6 nitrogen and oxygen atoms in total. The molecule has 0 unspecified atom stereocenters. The van der Waals surface area contributed by atoms with Crippen LogP contribution in [0.2, 0.25) is 5.02 Å². The second kappa shape index (κ2) is 6.90. The molecule has 1 saturated heterocycles. The van der Waals surface area contributed by atoms with E-state index in [1.807, 2.05) is 42.5 Å². The molecule has 0 saturated carbocycles. The summed E-state index contributed by atoms with van der Waals surface area (Å²) in [6.45, 7) is 2.12. The molecule has 8 heteroatoms. The third kappa shape index (κ3) is 3.42. The average molecular weight is 392 g/mol. The summed E-state index contributed by atoms with van der Waals surface area (Å²) < 4.78 is 32.3. The fraction of sp³-hybridized carbons (Fsp3) is 0.278. The zero-order valence-corrected chi connectivity index (χ0v) is 15.6. The van der Waals surface area contributed by atoms with Gasteiger partial charge < -0.3 is 9.42 Å².